The lowest BCUT2D eigenvalue weighted by molar-refractivity contribution is 0.278. The minimum Gasteiger partial charge on any atom is -0.330 e. The first-order valence-electron chi connectivity index (χ1n) is 5.84. The van der Waals surface area contributed by atoms with E-state index in [1.54, 1.807) is 7.05 Å². The van der Waals surface area contributed by atoms with Gasteiger partial charge in [0.15, 0.2) is 0 Å². The molecule has 1 saturated heterocycles. The topological polar surface area (TPSA) is 81.2 Å². The predicted molar refractivity (Wildman–Crippen MR) is 76.0 cm³/mol. The fourth-order valence-corrected chi connectivity index (χ4v) is 3.93. The molecule has 0 saturated carbocycles. The standard InChI is InChI=1S/C10H17ClN4O2S.ClH/c1-14-7-13-10(9(14)11)18(16,17)15-4-2-8(6-12)3-5-15;/h7-8H,2-6,12H2,1H3;1H. The quantitative estimate of drug-likeness (QED) is 0.892. The van der Waals surface area contributed by atoms with Gasteiger partial charge in [-0.3, -0.25) is 0 Å². The van der Waals surface area contributed by atoms with Crippen LogP contribution in [0.25, 0.3) is 0 Å². The molecule has 0 aliphatic carbocycles. The zero-order chi connectivity index (χ0) is 13.3. The predicted octanol–water partition coefficient (Wildman–Crippen LogP) is 0.855. The van der Waals surface area contributed by atoms with E-state index in [0.717, 1.165) is 12.8 Å². The van der Waals surface area contributed by atoms with Gasteiger partial charge in [-0.15, -0.1) is 12.4 Å². The Morgan fingerprint density at radius 1 is 1.47 bits per heavy atom. The number of halogens is 2. The molecule has 2 rings (SSSR count). The van der Waals surface area contributed by atoms with E-state index < -0.39 is 10.0 Å². The summed E-state index contributed by atoms with van der Waals surface area (Å²) in [6.07, 6.45) is 2.99. The molecule has 110 valence electrons. The van der Waals surface area contributed by atoms with Gasteiger partial charge in [-0.05, 0) is 25.3 Å². The molecule has 6 nitrogen and oxygen atoms in total. The highest BCUT2D eigenvalue weighted by Crippen LogP contribution is 2.26. The average Bonchev–Trinajstić information content (AvgIpc) is 2.70. The maximum atomic E-state index is 12.4. The Kier molecular flexibility index (Phi) is 5.64. The number of nitrogens with zero attached hydrogens (tertiary/aromatic N) is 3. The highest BCUT2D eigenvalue weighted by molar-refractivity contribution is 7.89. The third-order valence-corrected chi connectivity index (χ3v) is 5.72. The number of nitrogens with two attached hydrogens (primary N) is 1. The first-order chi connectivity index (χ1) is 8.46. The van der Waals surface area contributed by atoms with Crippen LogP contribution in [-0.2, 0) is 17.1 Å². The Balaban J connectivity index is 0.00000180. The van der Waals surface area contributed by atoms with Crippen LogP contribution >= 0.6 is 24.0 Å². The Hall–Kier alpha value is -0.340. The van der Waals surface area contributed by atoms with Gasteiger partial charge >= 0.3 is 0 Å². The Bertz CT molecular complexity index is 524. The highest BCUT2D eigenvalue weighted by Gasteiger charge is 2.32. The van der Waals surface area contributed by atoms with Gasteiger partial charge in [0.25, 0.3) is 10.0 Å². The normalized spacial score (nSPS) is 18.3. The van der Waals surface area contributed by atoms with Crippen molar-refractivity contribution in [2.24, 2.45) is 18.7 Å². The number of hydrogen-bond acceptors (Lipinski definition) is 4. The minimum atomic E-state index is -3.57. The van der Waals surface area contributed by atoms with Gasteiger partial charge in [-0.1, -0.05) is 11.6 Å². The summed E-state index contributed by atoms with van der Waals surface area (Å²) >= 11 is 5.94. The van der Waals surface area contributed by atoms with Crippen molar-refractivity contribution < 1.29 is 8.42 Å². The van der Waals surface area contributed by atoms with Crippen molar-refractivity contribution in [3.63, 3.8) is 0 Å². The van der Waals surface area contributed by atoms with Gasteiger partial charge in [0.05, 0.1) is 6.33 Å². The molecule has 2 N–H and O–H groups in total. The first-order valence-corrected chi connectivity index (χ1v) is 7.65. The Morgan fingerprint density at radius 2 is 2.05 bits per heavy atom. The summed E-state index contributed by atoms with van der Waals surface area (Å²) in [6.45, 7) is 1.58. The smallest absolute Gasteiger partial charge is 0.263 e. The SMILES string of the molecule is Cl.Cn1cnc(S(=O)(=O)N2CCC(CN)CC2)c1Cl. The van der Waals surface area contributed by atoms with E-state index in [1.165, 1.54) is 15.2 Å². The summed E-state index contributed by atoms with van der Waals surface area (Å²) in [5.74, 6) is 0.413. The largest absolute Gasteiger partial charge is 0.330 e. The van der Waals surface area contributed by atoms with Crippen molar-refractivity contribution in [1.82, 2.24) is 13.9 Å². The fraction of sp³-hybridized carbons (Fsp3) is 0.700. The van der Waals surface area contributed by atoms with Crippen LogP contribution in [-0.4, -0.2) is 41.9 Å². The molecule has 0 amide bonds. The summed E-state index contributed by atoms with van der Waals surface area (Å²) < 4.78 is 27.6. The number of sulfonamides is 1. The second-order valence-electron chi connectivity index (χ2n) is 4.53. The molecule has 9 heteroatoms. The van der Waals surface area contributed by atoms with Crippen molar-refractivity contribution in [1.29, 1.82) is 0 Å². The highest BCUT2D eigenvalue weighted by atomic mass is 35.5. The van der Waals surface area contributed by atoms with Gasteiger partial charge in [-0.25, -0.2) is 13.4 Å². The lowest BCUT2D eigenvalue weighted by Crippen LogP contribution is -2.40. The van der Waals surface area contributed by atoms with Crippen LogP contribution in [0.2, 0.25) is 5.15 Å². The molecular formula is C10H18Cl2N4O2S. The van der Waals surface area contributed by atoms with Crippen LogP contribution in [0, 0.1) is 5.92 Å². The lowest BCUT2D eigenvalue weighted by Gasteiger charge is -2.29. The summed E-state index contributed by atoms with van der Waals surface area (Å²) in [5, 5.41) is 0.0915. The van der Waals surface area contributed by atoms with Crippen LogP contribution in [0.3, 0.4) is 0 Å². The van der Waals surface area contributed by atoms with Gasteiger partial charge in [0.1, 0.15) is 5.15 Å². The van der Waals surface area contributed by atoms with Gasteiger partial charge in [0, 0.05) is 20.1 Å². The molecule has 0 unspecified atom stereocenters. The molecular weight excluding hydrogens is 311 g/mol. The maximum absolute atomic E-state index is 12.4. The van der Waals surface area contributed by atoms with E-state index in [1.807, 2.05) is 0 Å². The summed E-state index contributed by atoms with van der Waals surface area (Å²) in [7, 11) is -1.91. The third kappa shape index (κ3) is 3.22. The zero-order valence-electron chi connectivity index (χ0n) is 10.6. The van der Waals surface area contributed by atoms with Crippen molar-refractivity contribution in [3.05, 3.63) is 11.5 Å². The van der Waals surface area contributed by atoms with Crippen molar-refractivity contribution in [2.45, 2.75) is 17.9 Å². The molecule has 0 bridgehead atoms. The van der Waals surface area contributed by atoms with E-state index in [2.05, 4.69) is 4.98 Å². The molecule has 1 aromatic rings. The zero-order valence-corrected chi connectivity index (χ0v) is 13.0. The fourth-order valence-electron chi connectivity index (χ4n) is 2.07. The Labute approximate surface area is 124 Å². The van der Waals surface area contributed by atoms with Gasteiger partial charge in [-0.2, -0.15) is 4.31 Å². The molecule has 1 aliphatic heterocycles. The minimum absolute atomic E-state index is 0. The van der Waals surface area contributed by atoms with E-state index in [9.17, 15) is 8.42 Å². The van der Waals surface area contributed by atoms with Crippen molar-refractivity contribution >= 4 is 34.0 Å². The van der Waals surface area contributed by atoms with Crippen LogP contribution in [0.1, 0.15) is 12.8 Å². The van der Waals surface area contributed by atoms with E-state index in [0.29, 0.717) is 25.6 Å². The molecule has 1 fully saturated rings. The molecule has 0 radical (unpaired) electrons. The van der Waals surface area contributed by atoms with Crippen molar-refractivity contribution in [3.8, 4) is 0 Å². The third-order valence-electron chi connectivity index (χ3n) is 3.33. The van der Waals surface area contributed by atoms with Gasteiger partial charge in [0.2, 0.25) is 5.03 Å². The van der Waals surface area contributed by atoms with Crippen LogP contribution in [0.4, 0.5) is 0 Å². The number of aromatic nitrogens is 2. The van der Waals surface area contributed by atoms with E-state index in [4.69, 9.17) is 17.3 Å². The molecule has 2 heterocycles. The van der Waals surface area contributed by atoms with Crippen LogP contribution in [0.15, 0.2) is 11.4 Å². The number of aryl methyl sites for hydroxylation is 1. The maximum Gasteiger partial charge on any atom is 0.263 e. The van der Waals surface area contributed by atoms with Crippen LogP contribution in [0.5, 0.6) is 0 Å². The molecule has 1 aromatic heterocycles. The molecule has 0 spiro atoms. The number of rotatable bonds is 3. The number of imidazole rings is 1. The second kappa shape index (κ2) is 6.41. The summed E-state index contributed by atoms with van der Waals surface area (Å²) in [5.41, 5.74) is 5.59. The molecule has 0 atom stereocenters. The monoisotopic (exact) mass is 328 g/mol. The van der Waals surface area contributed by atoms with Crippen LogP contribution < -0.4 is 5.73 Å². The molecule has 0 aromatic carbocycles. The van der Waals surface area contributed by atoms with Crippen molar-refractivity contribution in [2.75, 3.05) is 19.6 Å². The number of piperidine rings is 1. The lowest BCUT2D eigenvalue weighted by atomic mass is 9.99. The second-order valence-corrected chi connectivity index (χ2v) is 6.75. The molecule has 19 heavy (non-hydrogen) atoms. The van der Waals surface area contributed by atoms with E-state index >= 15 is 0 Å². The summed E-state index contributed by atoms with van der Waals surface area (Å²) in [4.78, 5) is 3.88. The molecule has 1 aliphatic rings. The average molecular weight is 329 g/mol. The summed E-state index contributed by atoms with van der Waals surface area (Å²) in [6, 6.07) is 0. The first kappa shape index (κ1) is 16.7. The number of hydrogen-bond donors (Lipinski definition) is 1. The Morgan fingerprint density at radius 3 is 2.47 bits per heavy atom. The van der Waals surface area contributed by atoms with E-state index in [-0.39, 0.29) is 22.6 Å². The van der Waals surface area contributed by atoms with Gasteiger partial charge < -0.3 is 10.3 Å².